The summed E-state index contributed by atoms with van der Waals surface area (Å²) in [7, 11) is 9.62. The van der Waals surface area contributed by atoms with Crippen molar-refractivity contribution in [2.75, 3.05) is 35.3 Å². The lowest BCUT2D eigenvalue weighted by Gasteiger charge is -2.22. The lowest BCUT2D eigenvalue weighted by atomic mass is 10.2. The van der Waals surface area contributed by atoms with Crippen LogP contribution < -0.4 is 4.74 Å². The molecule has 0 radical (unpaired) electrons. The molecule has 2 rings (SSSR count). The van der Waals surface area contributed by atoms with Crippen molar-refractivity contribution in [3.63, 3.8) is 0 Å². The van der Waals surface area contributed by atoms with Crippen molar-refractivity contribution in [1.29, 1.82) is 0 Å². The van der Waals surface area contributed by atoms with E-state index < -0.39 is 0 Å². The van der Waals surface area contributed by atoms with Crippen LogP contribution in [-0.2, 0) is 6.54 Å². The third-order valence-electron chi connectivity index (χ3n) is 3.07. The monoisotopic (exact) mass is 446 g/mol. The minimum Gasteiger partial charge on any atom is -0.497 e. The van der Waals surface area contributed by atoms with Crippen LogP contribution in [0.25, 0.3) is 10.6 Å². The highest BCUT2D eigenvalue weighted by atomic mass is 127. The van der Waals surface area contributed by atoms with Gasteiger partial charge in [0.05, 0.1) is 19.3 Å². The second-order valence-electron chi connectivity index (χ2n) is 5.28. The van der Waals surface area contributed by atoms with Crippen LogP contribution in [0.5, 0.6) is 5.75 Å². The van der Waals surface area contributed by atoms with Gasteiger partial charge in [0, 0.05) is 39.1 Å². The average molecular weight is 446 g/mol. The molecule has 2 aromatic rings. The van der Waals surface area contributed by atoms with Crippen LogP contribution in [0, 0.1) is 0 Å². The van der Waals surface area contributed by atoms with Gasteiger partial charge in [0.1, 0.15) is 10.8 Å². The summed E-state index contributed by atoms with van der Waals surface area (Å²) in [6.45, 7) is 0.582. The Balaban J connectivity index is 0.00000264. The first-order chi connectivity index (χ1) is 10.5. The fourth-order valence-corrected chi connectivity index (χ4v) is 2.90. The Hall–Kier alpha value is -1.35. The van der Waals surface area contributed by atoms with E-state index in [-0.39, 0.29) is 24.0 Å². The van der Waals surface area contributed by atoms with Crippen LogP contribution in [0.4, 0.5) is 0 Å². The number of aliphatic imine (C=N–C) groups is 1. The van der Waals surface area contributed by atoms with Crippen LogP contribution in [-0.4, -0.2) is 56.0 Å². The molecule has 23 heavy (non-hydrogen) atoms. The number of thiazole rings is 1. The molecule has 0 saturated heterocycles. The molecule has 1 aromatic carbocycles. The predicted molar refractivity (Wildman–Crippen MR) is 108 cm³/mol. The molecule has 0 fully saturated rings. The molecule has 126 valence electrons. The Bertz CT molecular complexity index is 628. The Morgan fingerprint density at radius 1 is 1.13 bits per heavy atom. The molecule has 1 heterocycles. The largest absolute Gasteiger partial charge is 0.497 e. The third-order valence-corrected chi connectivity index (χ3v) is 4.01. The molecule has 5 nitrogen and oxygen atoms in total. The van der Waals surface area contributed by atoms with Crippen LogP contribution >= 0.6 is 35.3 Å². The molecule has 0 N–H and O–H groups in total. The Morgan fingerprint density at radius 2 is 1.74 bits per heavy atom. The molecule has 0 aliphatic carbocycles. The average Bonchev–Trinajstić information content (AvgIpc) is 2.95. The van der Waals surface area contributed by atoms with Gasteiger partial charge in [-0.15, -0.1) is 35.3 Å². The number of methoxy groups -OCH3 is 1. The minimum absolute atomic E-state index is 0. The number of hydrogen-bond acceptors (Lipinski definition) is 4. The van der Waals surface area contributed by atoms with Crippen LogP contribution in [0.15, 0.2) is 34.6 Å². The van der Waals surface area contributed by atoms with Crippen molar-refractivity contribution in [1.82, 2.24) is 14.8 Å². The van der Waals surface area contributed by atoms with E-state index in [2.05, 4.69) is 15.4 Å². The minimum atomic E-state index is 0. The van der Waals surface area contributed by atoms with E-state index in [1.54, 1.807) is 18.4 Å². The molecule has 0 saturated carbocycles. The molecular formula is C16H23IN4OS. The number of ether oxygens (including phenoxy) is 1. The van der Waals surface area contributed by atoms with Crippen LogP contribution in [0.1, 0.15) is 5.69 Å². The fraction of sp³-hybridized carbons (Fsp3) is 0.375. The second kappa shape index (κ2) is 9.07. The molecule has 7 heteroatoms. The van der Waals surface area contributed by atoms with Gasteiger partial charge in [-0.05, 0) is 24.3 Å². The van der Waals surface area contributed by atoms with Gasteiger partial charge in [-0.1, -0.05) is 0 Å². The number of halogens is 1. The Kier molecular flexibility index (Phi) is 7.77. The molecule has 0 atom stereocenters. The summed E-state index contributed by atoms with van der Waals surface area (Å²) in [4.78, 5) is 13.3. The zero-order valence-corrected chi connectivity index (χ0v) is 17.3. The highest BCUT2D eigenvalue weighted by Gasteiger charge is 2.07. The zero-order chi connectivity index (χ0) is 16.1. The van der Waals surface area contributed by atoms with Gasteiger partial charge in [-0.25, -0.2) is 9.98 Å². The smallest absolute Gasteiger partial charge is 0.195 e. The molecule has 0 amide bonds. The van der Waals surface area contributed by atoms with E-state index in [0.29, 0.717) is 6.54 Å². The number of benzene rings is 1. The van der Waals surface area contributed by atoms with E-state index in [1.165, 1.54) is 0 Å². The summed E-state index contributed by atoms with van der Waals surface area (Å²) in [6.07, 6.45) is 0. The Morgan fingerprint density at radius 3 is 2.26 bits per heavy atom. The molecule has 0 spiro atoms. The zero-order valence-electron chi connectivity index (χ0n) is 14.1. The van der Waals surface area contributed by atoms with E-state index >= 15 is 0 Å². The lowest BCUT2D eigenvalue weighted by Crippen LogP contribution is -2.35. The van der Waals surface area contributed by atoms with Crippen LogP contribution in [0.3, 0.4) is 0 Å². The van der Waals surface area contributed by atoms with Crippen molar-refractivity contribution < 1.29 is 4.74 Å². The van der Waals surface area contributed by atoms with E-state index in [1.807, 2.05) is 62.3 Å². The van der Waals surface area contributed by atoms with Crippen molar-refractivity contribution >= 4 is 41.3 Å². The maximum absolute atomic E-state index is 5.18. The van der Waals surface area contributed by atoms with Gasteiger partial charge >= 0.3 is 0 Å². The van der Waals surface area contributed by atoms with Crippen molar-refractivity contribution in [3.8, 4) is 16.3 Å². The lowest BCUT2D eigenvalue weighted by molar-refractivity contribution is 0.415. The summed E-state index contributed by atoms with van der Waals surface area (Å²) >= 11 is 1.64. The van der Waals surface area contributed by atoms with E-state index in [9.17, 15) is 0 Å². The number of rotatable bonds is 4. The summed E-state index contributed by atoms with van der Waals surface area (Å²) in [5.74, 6) is 1.78. The summed E-state index contributed by atoms with van der Waals surface area (Å²) in [6, 6.07) is 7.95. The number of hydrogen-bond donors (Lipinski definition) is 0. The van der Waals surface area contributed by atoms with E-state index in [0.717, 1.165) is 28.0 Å². The predicted octanol–water partition coefficient (Wildman–Crippen LogP) is 3.42. The third kappa shape index (κ3) is 5.35. The Labute approximate surface area is 159 Å². The first-order valence-corrected chi connectivity index (χ1v) is 7.87. The normalized spacial score (nSPS) is 9.78. The van der Waals surface area contributed by atoms with Crippen molar-refractivity contribution in [2.24, 2.45) is 4.99 Å². The summed E-state index contributed by atoms with van der Waals surface area (Å²) < 4.78 is 5.18. The SMILES string of the molecule is COc1ccc(-c2nc(CN=C(N(C)C)N(C)C)cs2)cc1.I. The molecule has 0 bridgehead atoms. The van der Waals surface area contributed by atoms with Gasteiger partial charge in [-0.3, -0.25) is 0 Å². The number of aromatic nitrogens is 1. The quantitative estimate of drug-likeness (QED) is 0.410. The topological polar surface area (TPSA) is 41.0 Å². The van der Waals surface area contributed by atoms with Crippen molar-refractivity contribution in [3.05, 3.63) is 35.3 Å². The second-order valence-corrected chi connectivity index (χ2v) is 6.14. The highest BCUT2D eigenvalue weighted by molar-refractivity contribution is 14.0. The van der Waals surface area contributed by atoms with Gasteiger partial charge in [-0.2, -0.15) is 0 Å². The molecule has 1 aromatic heterocycles. The van der Waals surface area contributed by atoms with Crippen molar-refractivity contribution in [2.45, 2.75) is 6.54 Å². The summed E-state index contributed by atoms with van der Waals surface area (Å²) in [5, 5.41) is 3.07. The standard InChI is InChI=1S/C16H22N4OS.HI/c1-19(2)16(20(3)4)17-10-13-11-22-15(18-13)12-6-8-14(21-5)9-7-12;/h6-9,11H,10H2,1-5H3;1H. The first kappa shape index (κ1) is 19.7. The molecule has 0 unspecified atom stereocenters. The van der Waals surface area contributed by atoms with Crippen LogP contribution in [0.2, 0.25) is 0 Å². The highest BCUT2D eigenvalue weighted by Crippen LogP contribution is 2.25. The van der Waals surface area contributed by atoms with E-state index in [4.69, 9.17) is 4.74 Å². The first-order valence-electron chi connectivity index (χ1n) is 6.99. The molecule has 0 aliphatic rings. The fourth-order valence-electron chi connectivity index (χ4n) is 2.08. The number of guanidine groups is 1. The summed E-state index contributed by atoms with van der Waals surface area (Å²) in [5.41, 5.74) is 2.08. The molecular weight excluding hydrogens is 423 g/mol. The maximum Gasteiger partial charge on any atom is 0.195 e. The molecule has 0 aliphatic heterocycles. The van der Waals surface area contributed by atoms with Gasteiger partial charge in [0.2, 0.25) is 0 Å². The maximum atomic E-state index is 5.18. The number of nitrogens with zero attached hydrogens (tertiary/aromatic N) is 4. The van der Waals surface area contributed by atoms with Gasteiger partial charge in [0.25, 0.3) is 0 Å². The van der Waals surface area contributed by atoms with Gasteiger partial charge in [0.15, 0.2) is 5.96 Å². The van der Waals surface area contributed by atoms with Gasteiger partial charge < -0.3 is 14.5 Å².